The number of carbonyl (C=O) groups is 1. The maximum atomic E-state index is 13.1. The van der Waals surface area contributed by atoms with Crippen molar-refractivity contribution in [2.24, 2.45) is 0 Å². The summed E-state index contributed by atoms with van der Waals surface area (Å²) in [6.45, 7) is 5.31. The van der Waals surface area contributed by atoms with Crippen molar-refractivity contribution >= 4 is 22.6 Å². The highest BCUT2D eigenvalue weighted by Gasteiger charge is 2.51. The van der Waals surface area contributed by atoms with Crippen LogP contribution in [-0.4, -0.2) is 43.6 Å². The number of hydrogen-bond acceptors (Lipinski definition) is 4. The molecule has 1 atom stereocenters. The molecule has 158 valence electrons. The summed E-state index contributed by atoms with van der Waals surface area (Å²) in [5.41, 5.74) is 4.98. The van der Waals surface area contributed by atoms with Gasteiger partial charge in [-0.1, -0.05) is 37.6 Å². The number of aromatic nitrogens is 1. The van der Waals surface area contributed by atoms with Gasteiger partial charge in [-0.3, -0.25) is 4.90 Å². The van der Waals surface area contributed by atoms with Gasteiger partial charge in [0.05, 0.1) is 5.56 Å². The van der Waals surface area contributed by atoms with Gasteiger partial charge in [-0.2, -0.15) is 0 Å². The van der Waals surface area contributed by atoms with Crippen molar-refractivity contribution in [1.29, 1.82) is 0 Å². The first-order valence-electron chi connectivity index (χ1n) is 10.6. The number of ether oxygens (including phenoxy) is 1. The number of para-hydroxylation sites is 1. The second-order valence-electron chi connectivity index (χ2n) is 8.54. The smallest absolute Gasteiger partial charge is 0.341 e. The van der Waals surface area contributed by atoms with Crippen LogP contribution in [0.5, 0.6) is 0 Å². The predicted molar refractivity (Wildman–Crippen MR) is 122 cm³/mol. The molecule has 1 aromatic heterocycles. The summed E-state index contributed by atoms with van der Waals surface area (Å²) in [6.07, 6.45) is 2.24. The van der Waals surface area contributed by atoms with Crippen molar-refractivity contribution in [2.45, 2.75) is 39.0 Å². The van der Waals surface area contributed by atoms with Crippen LogP contribution in [-0.2, 0) is 17.0 Å². The molecule has 3 aromatic rings. The normalized spacial score (nSPS) is 18.2. The first kappa shape index (κ1) is 20.5. The zero-order valence-corrected chi connectivity index (χ0v) is 18.8. The molecule has 0 amide bonds. The van der Waals surface area contributed by atoms with E-state index in [1.807, 2.05) is 50.1 Å². The van der Waals surface area contributed by atoms with E-state index in [2.05, 4.69) is 48.7 Å². The fraction of sp³-hybridized carbons (Fsp3) is 0.400. The largest absolute Gasteiger partial charge is 0.431 e. The highest BCUT2D eigenvalue weighted by molar-refractivity contribution is 5.98. The topological polar surface area (TPSA) is 37.7 Å². The lowest BCUT2D eigenvalue weighted by Crippen LogP contribution is -2.43. The number of aryl methyl sites for hydroxylation is 1. The lowest BCUT2D eigenvalue weighted by Gasteiger charge is -2.36. The van der Waals surface area contributed by atoms with Crippen molar-refractivity contribution < 1.29 is 9.53 Å². The molecule has 2 aromatic carbocycles. The van der Waals surface area contributed by atoms with E-state index in [9.17, 15) is 4.79 Å². The summed E-state index contributed by atoms with van der Waals surface area (Å²) in [7, 11) is 7.93. The Balaban J connectivity index is 2.03. The van der Waals surface area contributed by atoms with E-state index in [0.29, 0.717) is 5.56 Å². The summed E-state index contributed by atoms with van der Waals surface area (Å²) < 4.78 is 8.64. The van der Waals surface area contributed by atoms with E-state index in [0.717, 1.165) is 47.3 Å². The van der Waals surface area contributed by atoms with Gasteiger partial charge in [0.25, 0.3) is 0 Å². The molecule has 0 N–H and O–H groups in total. The van der Waals surface area contributed by atoms with Gasteiger partial charge in [0.1, 0.15) is 0 Å². The lowest BCUT2D eigenvalue weighted by atomic mass is 9.89. The molecule has 0 bridgehead atoms. The fourth-order valence-electron chi connectivity index (χ4n) is 4.72. The number of rotatable bonds is 6. The monoisotopic (exact) mass is 405 g/mol. The quantitative estimate of drug-likeness (QED) is 0.555. The van der Waals surface area contributed by atoms with E-state index in [4.69, 9.17) is 4.74 Å². The van der Waals surface area contributed by atoms with Crippen molar-refractivity contribution in [3.8, 4) is 0 Å². The van der Waals surface area contributed by atoms with Gasteiger partial charge >= 0.3 is 5.97 Å². The molecule has 1 aliphatic heterocycles. The number of esters is 1. The average molecular weight is 406 g/mol. The number of carbonyl (C=O) groups excluding carboxylic acids is 1. The fourth-order valence-corrected chi connectivity index (χ4v) is 4.72. The highest BCUT2D eigenvalue weighted by Crippen LogP contribution is 2.48. The van der Waals surface area contributed by atoms with Crippen molar-refractivity contribution in [3.05, 3.63) is 64.8 Å². The summed E-state index contributed by atoms with van der Waals surface area (Å²) in [5.74, 6) is -0.271. The van der Waals surface area contributed by atoms with Crippen molar-refractivity contribution in [3.63, 3.8) is 0 Å². The van der Waals surface area contributed by atoms with Crippen LogP contribution >= 0.6 is 0 Å². The van der Waals surface area contributed by atoms with E-state index < -0.39 is 5.72 Å². The Morgan fingerprint density at radius 1 is 1.07 bits per heavy atom. The summed E-state index contributed by atoms with van der Waals surface area (Å²) in [6, 6.07) is 14.5. The molecule has 0 aliphatic carbocycles. The number of anilines is 1. The van der Waals surface area contributed by atoms with Gasteiger partial charge in [0.15, 0.2) is 0 Å². The molecule has 0 fully saturated rings. The summed E-state index contributed by atoms with van der Waals surface area (Å²) in [4.78, 5) is 17.1. The van der Waals surface area contributed by atoms with Crippen molar-refractivity contribution in [1.82, 2.24) is 9.47 Å². The molecule has 0 spiro atoms. The minimum Gasteiger partial charge on any atom is -0.431 e. The van der Waals surface area contributed by atoms with Gasteiger partial charge in [-0.15, -0.1) is 0 Å². The number of nitrogens with zero attached hydrogens (tertiary/aromatic N) is 3. The zero-order chi connectivity index (χ0) is 21.6. The second-order valence-corrected chi connectivity index (χ2v) is 8.54. The molecule has 5 heteroatoms. The van der Waals surface area contributed by atoms with Crippen LogP contribution in [0.1, 0.15) is 46.9 Å². The van der Waals surface area contributed by atoms with Gasteiger partial charge < -0.3 is 14.2 Å². The summed E-state index contributed by atoms with van der Waals surface area (Å²) >= 11 is 0. The third-order valence-corrected chi connectivity index (χ3v) is 6.28. The van der Waals surface area contributed by atoms with Crippen LogP contribution in [0.4, 0.5) is 5.69 Å². The lowest BCUT2D eigenvalue weighted by molar-refractivity contribution is -0.0615. The number of cyclic esters (lactones) is 1. The number of unbranched alkanes of at least 4 members (excludes halogenated alkanes) is 1. The maximum absolute atomic E-state index is 13.1. The predicted octanol–water partition coefficient (Wildman–Crippen LogP) is 4.75. The minimum absolute atomic E-state index is 0.271. The van der Waals surface area contributed by atoms with E-state index in [-0.39, 0.29) is 5.97 Å². The molecule has 5 nitrogen and oxygen atoms in total. The number of hydrogen-bond donors (Lipinski definition) is 0. The highest BCUT2D eigenvalue weighted by atomic mass is 16.6. The Morgan fingerprint density at radius 3 is 2.47 bits per heavy atom. The van der Waals surface area contributed by atoms with Crippen LogP contribution in [0.2, 0.25) is 0 Å². The molecule has 0 saturated carbocycles. The molecule has 30 heavy (non-hydrogen) atoms. The van der Waals surface area contributed by atoms with Gasteiger partial charge in [0, 0.05) is 54.1 Å². The standard InChI is InChI=1S/C25H31N3O2/c1-7-8-15-28-17(2)23(19-11-9-10-12-22(19)28)25(27(5)6)21-14-13-18(26(3)4)16-20(21)24(29)30-25/h9-14,16H,7-8,15H2,1-6H3. The first-order chi connectivity index (χ1) is 14.3. The Labute approximate surface area is 178 Å². The maximum Gasteiger partial charge on any atom is 0.341 e. The van der Waals surface area contributed by atoms with Crippen LogP contribution in [0.3, 0.4) is 0 Å². The Bertz CT molecular complexity index is 1110. The van der Waals surface area contributed by atoms with Crippen LogP contribution < -0.4 is 4.90 Å². The molecular weight excluding hydrogens is 374 g/mol. The van der Waals surface area contributed by atoms with Crippen LogP contribution in [0.25, 0.3) is 10.9 Å². The minimum atomic E-state index is -0.946. The summed E-state index contributed by atoms with van der Waals surface area (Å²) in [5, 5.41) is 1.14. The third-order valence-electron chi connectivity index (χ3n) is 6.28. The van der Waals surface area contributed by atoms with Gasteiger partial charge in [0.2, 0.25) is 5.72 Å². The van der Waals surface area contributed by atoms with E-state index in [1.54, 1.807) is 0 Å². The molecule has 2 heterocycles. The van der Waals surface area contributed by atoms with E-state index >= 15 is 0 Å². The Hall–Kier alpha value is -2.79. The average Bonchev–Trinajstić information content (AvgIpc) is 3.17. The zero-order valence-electron chi connectivity index (χ0n) is 18.8. The Kier molecular flexibility index (Phi) is 5.10. The van der Waals surface area contributed by atoms with Crippen molar-refractivity contribution in [2.75, 3.05) is 33.1 Å². The molecule has 0 saturated heterocycles. The molecule has 0 radical (unpaired) electrons. The SMILES string of the molecule is CCCCn1c(C)c(C2(N(C)C)OC(=O)c3cc(N(C)C)ccc32)c2ccccc21. The molecule has 1 aliphatic rings. The van der Waals surface area contributed by atoms with Gasteiger partial charge in [-0.05, 0) is 45.6 Å². The number of benzene rings is 2. The van der Waals surface area contributed by atoms with Crippen LogP contribution in [0, 0.1) is 6.92 Å². The second kappa shape index (κ2) is 7.47. The molecule has 4 rings (SSSR count). The number of fused-ring (bicyclic) bond motifs is 2. The van der Waals surface area contributed by atoms with Crippen LogP contribution in [0.15, 0.2) is 42.5 Å². The molecular formula is C25H31N3O2. The van der Waals surface area contributed by atoms with E-state index in [1.165, 1.54) is 5.52 Å². The van der Waals surface area contributed by atoms with Gasteiger partial charge in [-0.25, -0.2) is 4.79 Å². The molecule has 1 unspecified atom stereocenters. The third kappa shape index (κ3) is 2.83. The Morgan fingerprint density at radius 2 is 1.80 bits per heavy atom. The first-order valence-corrected chi connectivity index (χ1v) is 10.6.